The molecule has 128 valence electrons. The van der Waals surface area contributed by atoms with Gasteiger partial charge in [0.15, 0.2) is 0 Å². The van der Waals surface area contributed by atoms with Crippen LogP contribution < -0.4 is 16.0 Å². The number of likely N-dealkylation sites (N-methyl/N-ethyl adjacent to an activating group) is 1. The summed E-state index contributed by atoms with van der Waals surface area (Å²) in [5.74, 6) is -0.635. The molecule has 0 aromatic carbocycles. The normalized spacial score (nSPS) is 13.4. The lowest BCUT2D eigenvalue weighted by atomic mass is 9.86. The smallest absolute Gasteiger partial charge is 0.243 e. The second-order valence-electron chi connectivity index (χ2n) is 7.55. The fourth-order valence-corrected chi connectivity index (χ4v) is 1.51. The molecule has 0 aliphatic heterocycles. The number of amides is 2. The van der Waals surface area contributed by atoms with Gasteiger partial charge in [-0.3, -0.25) is 14.4 Å². The molecule has 0 aliphatic rings. The molecule has 0 aliphatic carbocycles. The Hall–Kier alpha value is -1.43. The number of rotatable bonds is 7. The molecule has 0 aromatic rings. The predicted molar refractivity (Wildman–Crippen MR) is 87.4 cm³/mol. The Morgan fingerprint density at radius 1 is 0.909 bits per heavy atom. The fourth-order valence-electron chi connectivity index (χ4n) is 1.51. The maximum Gasteiger partial charge on any atom is 0.243 e. The third-order valence-corrected chi connectivity index (χ3v) is 3.20. The summed E-state index contributed by atoms with van der Waals surface area (Å²) in [6.45, 7) is 11.8. The van der Waals surface area contributed by atoms with E-state index in [1.165, 1.54) is 0 Å². The summed E-state index contributed by atoms with van der Waals surface area (Å²) < 4.78 is 0. The van der Waals surface area contributed by atoms with E-state index in [9.17, 15) is 14.4 Å². The van der Waals surface area contributed by atoms with Gasteiger partial charge in [0.25, 0.3) is 0 Å². The molecule has 0 fully saturated rings. The van der Waals surface area contributed by atoms with E-state index in [0.717, 1.165) is 0 Å². The van der Waals surface area contributed by atoms with Crippen LogP contribution in [0.2, 0.25) is 0 Å². The predicted octanol–water partition coefficient (Wildman–Crippen LogP) is 0.858. The molecule has 0 saturated heterocycles. The Kier molecular flexibility index (Phi) is 7.73. The fraction of sp³-hybridized carbons (Fsp3) is 0.812. The van der Waals surface area contributed by atoms with Crippen molar-refractivity contribution in [1.29, 1.82) is 0 Å². The zero-order chi connectivity index (χ0) is 17.6. The van der Waals surface area contributed by atoms with Crippen LogP contribution in [-0.2, 0) is 14.4 Å². The summed E-state index contributed by atoms with van der Waals surface area (Å²) in [5.41, 5.74) is -1.16. The molecule has 0 radical (unpaired) electrons. The van der Waals surface area contributed by atoms with Gasteiger partial charge in [-0.15, -0.1) is 0 Å². The highest BCUT2D eigenvalue weighted by Crippen LogP contribution is 2.19. The average Bonchev–Trinajstić information content (AvgIpc) is 2.35. The van der Waals surface area contributed by atoms with Crippen molar-refractivity contribution in [2.75, 3.05) is 20.1 Å². The summed E-state index contributed by atoms with van der Waals surface area (Å²) in [6.07, 6.45) is -0.00327. The number of hydrogen-bond acceptors (Lipinski definition) is 4. The zero-order valence-corrected chi connectivity index (χ0v) is 14.9. The third kappa shape index (κ3) is 7.54. The maximum atomic E-state index is 12.2. The lowest BCUT2D eigenvalue weighted by Crippen LogP contribution is -2.52. The zero-order valence-electron chi connectivity index (χ0n) is 14.9. The maximum absolute atomic E-state index is 12.2. The molecule has 0 heterocycles. The first kappa shape index (κ1) is 20.6. The lowest BCUT2D eigenvalue weighted by molar-refractivity contribution is -0.136. The number of nitrogens with one attached hydrogen (secondary N) is 3. The van der Waals surface area contributed by atoms with Crippen LogP contribution >= 0.6 is 0 Å². The second kappa shape index (κ2) is 8.27. The molecule has 1 unspecified atom stereocenters. The first-order chi connectivity index (χ1) is 9.89. The Morgan fingerprint density at radius 2 is 1.45 bits per heavy atom. The van der Waals surface area contributed by atoms with Crippen molar-refractivity contribution in [3.8, 4) is 0 Å². The average molecular weight is 313 g/mol. The molecule has 6 heteroatoms. The number of Topliss-reactive ketones (excluding diaryl/α,β-unsaturated/α-hetero) is 1. The van der Waals surface area contributed by atoms with Crippen LogP contribution in [0, 0.1) is 10.8 Å². The number of hydrogen-bond donors (Lipinski definition) is 3. The number of carbonyl (C=O) groups excluding carboxylic acids is 3. The van der Waals surface area contributed by atoms with E-state index >= 15 is 0 Å². The van der Waals surface area contributed by atoms with E-state index < -0.39 is 16.9 Å². The summed E-state index contributed by atoms with van der Waals surface area (Å²) in [5, 5.41) is 8.35. The Balaban J connectivity index is 4.95. The van der Waals surface area contributed by atoms with Gasteiger partial charge in [0.1, 0.15) is 11.8 Å². The van der Waals surface area contributed by atoms with Crippen molar-refractivity contribution in [3.63, 3.8) is 0 Å². The van der Waals surface area contributed by atoms with Crippen LogP contribution in [0.1, 0.15) is 48.0 Å². The summed E-state index contributed by atoms with van der Waals surface area (Å²) in [4.78, 5) is 36.6. The number of ketones is 1. The van der Waals surface area contributed by atoms with Gasteiger partial charge in [-0.25, -0.2) is 0 Å². The van der Waals surface area contributed by atoms with Crippen LogP contribution in [0.4, 0.5) is 0 Å². The molecule has 1 atom stereocenters. The summed E-state index contributed by atoms with van der Waals surface area (Å²) in [6, 6.07) is -0.838. The molecule has 3 N–H and O–H groups in total. The van der Waals surface area contributed by atoms with Crippen LogP contribution in [0.15, 0.2) is 0 Å². The van der Waals surface area contributed by atoms with Crippen molar-refractivity contribution >= 4 is 17.6 Å². The standard InChI is InChI=1S/C16H31N3O3/c1-15(2,3)12(20)10-11(13(21)18-9-8-17-7)19-14(22)16(4,5)6/h11,17H,8-10H2,1-7H3,(H,18,21)(H,19,22). The van der Waals surface area contributed by atoms with Crippen molar-refractivity contribution in [1.82, 2.24) is 16.0 Å². The molecule has 0 rings (SSSR count). The van der Waals surface area contributed by atoms with Crippen molar-refractivity contribution in [2.45, 2.75) is 54.0 Å². The highest BCUT2D eigenvalue weighted by Gasteiger charge is 2.32. The topological polar surface area (TPSA) is 87.3 Å². The molecular weight excluding hydrogens is 282 g/mol. The SMILES string of the molecule is CNCCNC(=O)C(CC(=O)C(C)(C)C)NC(=O)C(C)(C)C. The first-order valence-electron chi connectivity index (χ1n) is 7.66. The quantitative estimate of drug-likeness (QED) is 0.608. The van der Waals surface area contributed by atoms with E-state index in [1.807, 2.05) is 0 Å². The highest BCUT2D eigenvalue weighted by molar-refractivity contribution is 5.94. The van der Waals surface area contributed by atoms with E-state index in [2.05, 4.69) is 16.0 Å². The highest BCUT2D eigenvalue weighted by atomic mass is 16.2. The monoisotopic (exact) mass is 313 g/mol. The van der Waals surface area contributed by atoms with Crippen LogP contribution in [0.5, 0.6) is 0 Å². The summed E-state index contributed by atoms with van der Waals surface area (Å²) >= 11 is 0. The van der Waals surface area contributed by atoms with Gasteiger partial charge in [0, 0.05) is 30.3 Å². The van der Waals surface area contributed by atoms with Gasteiger partial charge < -0.3 is 16.0 Å². The third-order valence-electron chi connectivity index (χ3n) is 3.20. The summed E-state index contributed by atoms with van der Waals surface area (Å²) in [7, 11) is 1.79. The minimum atomic E-state index is -0.838. The molecular formula is C16H31N3O3. The van der Waals surface area contributed by atoms with Gasteiger partial charge in [-0.05, 0) is 7.05 Å². The minimum absolute atomic E-state index is 0.00327. The van der Waals surface area contributed by atoms with E-state index in [1.54, 1.807) is 48.6 Å². The molecule has 6 nitrogen and oxygen atoms in total. The molecule has 0 aromatic heterocycles. The van der Waals surface area contributed by atoms with Crippen LogP contribution in [0.3, 0.4) is 0 Å². The van der Waals surface area contributed by atoms with Gasteiger partial charge >= 0.3 is 0 Å². The Morgan fingerprint density at radius 3 is 1.86 bits per heavy atom. The molecule has 2 amide bonds. The van der Waals surface area contributed by atoms with E-state index in [4.69, 9.17) is 0 Å². The van der Waals surface area contributed by atoms with Gasteiger partial charge in [0.05, 0.1) is 0 Å². The number of carbonyl (C=O) groups is 3. The molecule has 22 heavy (non-hydrogen) atoms. The van der Waals surface area contributed by atoms with Gasteiger partial charge in [-0.1, -0.05) is 41.5 Å². The first-order valence-corrected chi connectivity index (χ1v) is 7.66. The van der Waals surface area contributed by atoms with Crippen molar-refractivity contribution in [2.24, 2.45) is 10.8 Å². The van der Waals surface area contributed by atoms with E-state index in [-0.39, 0.29) is 24.0 Å². The molecule has 0 saturated carbocycles. The second-order valence-corrected chi connectivity index (χ2v) is 7.55. The van der Waals surface area contributed by atoms with Crippen LogP contribution in [-0.4, -0.2) is 43.8 Å². The Labute approximate surface area is 133 Å². The largest absolute Gasteiger partial charge is 0.353 e. The molecule has 0 bridgehead atoms. The van der Waals surface area contributed by atoms with Crippen molar-refractivity contribution < 1.29 is 14.4 Å². The Bertz CT molecular complexity index is 378. The van der Waals surface area contributed by atoms with Crippen LogP contribution in [0.25, 0.3) is 0 Å². The lowest BCUT2D eigenvalue weighted by Gasteiger charge is -2.26. The molecule has 0 spiro atoms. The van der Waals surface area contributed by atoms with Gasteiger partial charge in [-0.2, -0.15) is 0 Å². The van der Waals surface area contributed by atoms with Gasteiger partial charge in [0.2, 0.25) is 11.8 Å². The van der Waals surface area contributed by atoms with E-state index in [0.29, 0.717) is 13.1 Å². The van der Waals surface area contributed by atoms with Crippen molar-refractivity contribution in [3.05, 3.63) is 0 Å². The minimum Gasteiger partial charge on any atom is -0.353 e.